The van der Waals surface area contributed by atoms with Crippen LogP contribution in [-0.2, 0) is 4.79 Å². The van der Waals surface area contributed by atoms with Crippen LogP contribution in [0.4, 0.5) is 10.1 Å². The average Bonchev–Trinajstić information content (AvgIpc) is 2.67. The monoisotopic (exact) mass is 355 g/mol. The molecule has 0 atom stereocenters. The lowest BCUT2D eigenvalue weighted by Gasteiger charge is -2.36. The van der Waals surface area contributed by atoms with Crippen LogP contribution in [0.2, 0.25) is 0 Å². The van der Waals surface area contributed by atoms with E-state index in [2.05, 4.69) is 10.2 Å². The molecule has 5 nitrogen and oxygen atoms in total. The lowest BCUT2D eigenvalue weighted by atomic mass is 10.1. The molecule has 1 aliphatic rings. The third-order valence-electron chi connectivity index (χ3n) is 4.54. The molecule has 136 valence electrons. The van der Waals surface area contributed by atoms with E-state index < -0.39 is 0 Å². The van der Waals surface area contributed by atoms with E-state index in [1.165, 1.54) is 12.1 Å². The molecule has 0 saturated carbocycles. The van der Waals surface area contributed by atoms with E-state index in [0.717, 1.165) is 11.3 Å². The van der Waals surface area contributed by atoms with E-state index in [9.17, 15) is 14.0 Å². The highest BCUT2D eigenvalue weighted by Gasteiger charge is 2.21. The molecule has 2 aromatic rings. The summed E-state index contributed by atoms with van der Waals surface area (Å²) in [6.45, 7) is 4.47. The highest BCUT2D eigenvalue weighted by Crippen LogP contribution is 2.16. The first-order valence-electron chi connectivity index (χ1n) is 8.66. The predicted molar refractivity (Wildman–Crippen MR) is 98.7 cm³/mol. The first kappa shape index (κ1) is 17.9. The molecule has 0 aromatic heterocycles. The van der Waals surface area contributed by atoms with Gasteiger partial charge < -0.3 is 15.1 Å². The summed E-state index contributed by atoms with van der Waals surface area (Å²) in [4.78, 5) is 28.3. The first-order valence-corrected chi connectivity index (χ1v) is 8.66. The number of benzene rings is 2. The Labute approximate surface area is 152 Å². The number of hydrogen-bond acceptors (Lipinski definition) is 3. The van der Waals surface area contributed by atoms with Crippen LogP contribution in [0.5, 0.6) is 0 Å². The quantitative estimate of drug-likeness (QED) is 0.915. The van der Waals surface area contributed by atoms with Gasteiger partial charge in [-0.05, 0) is 43.3 Å². The standard InChI is InChI=1S/C20H22FN3O2/c1-15-2-4-16(5-3-15)20(26)22-14-19(25)24-12-10-23(11-13-24)18-8-6-17(21)7-9-18/h2-9H,10-14H2,1H3,(H,22,26). The Morgan fingerprint density at radius 2 is 1.58 bits per heavy atom. The second-order valence-corrected chi connectivity index (χ2v) is 6.39. The zero-order chi connectivity index (χ0) is 18.5. The van der Waals surface area contributed by atoms with Crippen LogP contribution < -0.4 is 10.2 Å². The van der Waals surface area contributed by atoms with Gasteiger partial charge >= 0.3 is 0 Å². The Morgan fingerprint density at radius 1 is 0.962 bits per heavy atom. The lowest BCUT2D eigenvalue weighted by molar-refractivity contribution is -0.130. The molecule has 1 fully saturated rings. The molecule has 3 rings (SSSR count). The minimum absolute atomic E-state index is 0.0107. The zero-order valence-electron chi connectivity index (χ0n) is 14.7. The second-order valence-electron chi connectivity index (χ2n) is 6.39. The summed E-state index contributed by atoms with van der Waals surface area (Å²) < 4.78 is 13.0. The number of rotatable bonds is 4. The van der Waals surface area contributed by atoms with Gasteiger partial charge in [0.15, 0.2) is 0 Å². The van der Waals surface area contributed by atoms with Gasteiger partial charge in [-0.3, -0.25) is 9.59 Å². The smallest absolute Gasteiger partial charge is 0.251 e. The number of amides is 2. The van der Waals surface area contributed by atoms with E-state index >= 15 is 0 Å². The van der Waals surface area contributed by atoms with Crippen molar-refractivity contribution in [3.63, 3.8) is 0 Å². The number of hydrogen-bond donors (Lipinski definition) is 1. The molecule has 1 aliphatic heterocycles. The van der Waals surface area contributed by atoms with Crippen molar-refractivity contribution >= 4 is 17.5 Å². The van der Waals surface area contributed by atoms with E-state index in [1.807, 2.05) is 19.1 Å². The molecular formula is C20H22FN3O2. The predicted octanol–water partition coefficient (Wildman–Crippen LogP) is 2.21. The summed E-state index contributed by atoms with van der Waals surface area (Å²) in [6, 6.07) is 13.6. The summed E-state index contributed by atoms with van der Waals surface area (Å²) in [5, 5.41) is 2.68. The van der Waals surface area contributed by atoms with Gasteiger partial charge in [0.05, 0.1) is 6.54 Å². The maximum absolute atomic E-state index is 13.0. The fourth-order valence-corrected chi connectivity index (χ4v) is 2.94. The van der Waals surface area contributed by atoms with Gasteiger partial charge in [-0.15, -0.1) is 0 Å². The molecule has 0 radical (unpaired) electrons. The summed E-state index contributed by atoms with van der Waals surface area (Å²) in [6.07, 6.45) is 0. The number of nitrogens with one attached hydrogen (secondary N) is 1. The zero-order valence-corrected chi connectivity index (χ0v) is 14.7. The summed E-state index contributed by atoms with van der Waals surface area (Å²) in [7, 11) is 0. The maximum atomic E-state index is 13.0. The van der Waals surface area contributed by atoms with Crippen LogP contribution in [0.3, 0.4) is 0 Å². The summed E-state index contributed by atoms with van der Waals surface area (Å²) in [5.74, 6) is -0.598. The summed E-state index contributed by atoms with van der Waals surface area (Å²) >= 11 is 0. The fourth-order valence-electron chi connectivity index (χ4n) is 2.94. The van der Waals surface area contributed by atoms with Crippen molar-refractivity contribution in [1.82, 2.24) is 10.2 Å². The van der Waals surface area contributed by atoms with Gasteiger partial charge in [-0.25, -0.2) is 4.39 Å². The molecule has 2 amide bonds. The maximum Gasteiger partial charge on any atom is 0.251 e. The molecule has 0 unspecified atom stereocenters. The Morgan fingerprint density at radius 3 is 2.19 bits per heavy atom. The molecule has 1 saturated heterocycles. The second kappa shape index (κ2) is 7.99. The number of anilines is 1. The fraction of sp³-hybridized carbons (Fsp3) is 0.300. The molecule has 26 heavy (non-hydrogen) atoms. The molecule has 2 aromatic carbocycles. The van der Waals surface area contributed by atoms with E-state index in [1.54, 1.807) is 29.2 Å². The molecule has 0 bridgehead atoms. The van der Waals surface area contributed by atoms with Crippen LogP contribution in [0.15, 0.2) is 48.5 Å². The molecule has 0 spiro atoms. The normalized spacial score (nSPS) is 14.2. The van der Waals surface area contributed by atoms with Crippen molar-refractivity contribution in [3.8, 4) is 0 Å². The third-order valence-corrected chi connectivity index (χ3v) is 4.54. The van der Waals surface area contributed by atoms with E-state index in [4.69, 9.17) is 0 Å². The van der Waals surface area contributed by atoms with Crippen LogP contribution >= 0.6 is 0 Å². The number of carbonyl (C=O) groups is 2. The Balaban J connectivity index is 1.47. The van der Waals surface area contributed by atoms with Gasteiger partial charge in [0, 0.05) is 37.4 Å². The molecule has 6 heteroatoms. The minimum Gasteiger partial charge on any atom is -0.368 e. The van der Waals surface area contributed by atoms with E-state index in [0.29, 0.717) is 31.7 Å². The van der Waals surface area contributed by atoms with Gasteiger partial charge in [-0.1, -0.05) is 17.7 Å². The number of nitrogens with zero attached hydrogens (tertiary/aromatic N) is 2. The van der Waals surface area contributed by atoms with Crippen LogP contribution in [-0.4, -0.2) is 49.4 Å². The van der Waals surface area contributed by atoms with Gasteiger partial charge in [0.1, 0.15) is 5.82 Å². The van der Waals surface area contributed by atoms with E-state index in [-0.39, 0.29) is 24.2 Å². The van der Waals surface area contributed by atoms with Crippen LogP contribution in [0.1, 0.15) is 15.9 Å². The lowest BCUT2D eigenvalue weighted by Crippen LogP contribution is -2.51. The largest absolute Gasteiger partial charge is 0.368 e. The Kier molecular flexibility index (Phi) is 5.51. The minimum atomic E-state index is -0.258. The van der Waals surface area contributed by atoms with Crippen molar-refractivity contribution in [3.05, 3.63) is 65.5 Å². The highest BCUT2D eigenvalue weighted by molar-refractivity contribution is 5.96. The third kappa shape index (κ3) is 4.39. The molecule has 1 heterocycles. The van der Waals surface area contributed by atoms with Crippen LogP contribution in [0, 0.1) is 12.7 Å². The number of aryl methyl sites for hydroxylation is 1. The van der Waals surface area contributed by atoms with Gasteiger partial charge in [0.2, 0.25) is 5.91 Å². The van der Waals surface area contributed by atoms with Crippen molar-refractivity contribution in [2.45, 2.75) is 6.92 Å². The molecule has 1 N–H and O–H groups in total. The molecular weight excluding hydrogens is 333 g/mol. The highest BCUT2D eigenvalue weighted by atomic mass is 19.1. The molecule has 0 aliphatic carbocycles. The van der Waals surface area contributed by atoms with Gasteiger partial charge in [0.25, 0.3) is 5.91 Å². The number of carbonyl (C=O) groups excluding carboxylic acids is 2. The Bertz CT molecular complexity index is 767. The van der Waals surface area contributed by atoms with Crippen molar-refractivity contribution in [1.29, 1.82) is 0 Å². The van der Waals surface area contributed by atoms with Crippen molar-refractivity contribution in [2.75, 3.05) is 37.6 Å². The SMILES string of the molecule is Cc1ccc(C(=O)NCC(=O)N2CCN(c3ccc(F)cc3)CC2)cc1. The van der Waals surface area contributed by atoms with Crippen molar-refractivity contribution in [2.24, 2.45) is 0 Å². The topological polar surface area (TPSA) is 52.7 Å². The first-order chi connectivity index (χ1) is 12.5. The van der Waals surface area contributed by atoms with Crippen molar-refractivity contribution < 1.29 is 14.0 Å². The Hall–Kier alpha value is -2.89. The number of halogens is 1. The summed E-state index contributed by atoms with van der Waals surface area (Å²) in [5.41, 5.74) is 2.58. The van der Waals surface area contributed by atoms with Crippen LogP contribution in [0.25, 0.3) is 0 Å². The average molecular weight is 355 g/mol. The van der Waals surface area contributed by atoms with Gasteiger partial charge in [-0.2, -0.15) is 0 Å². The number of piperazine rings is 1.